The van der Waals surface area contributed by atoms with Crippen LogP contribution in [0.2, 0.25) is 0 Å². The van der Waals surface area contributed by atoms with Crippen LogP contribution in [0.1, 0.15) is 19.2 Å². The Labute approximate surface area is 152 Å². The average molecular weight is 376 g/mol. The second-order valence-corrected chi connectivity index (χ2v) is 7.02. The van der Waals surface area contributed by atoms with E-state index < -0.39 is 17.0 Å². The molecule has 3 aromatic rings. The molecule has 0 N–H and O–H groups in total. The van der Waals surface area contributed by atoms with Gasteiger partial charge in [-0.3, -0.25) is 13.9 Å². The summed E-state index contributed by atoms with van der Waals surface area (Å²) in [6, 6.07) is 0. The Bertz CT molecular complexity index is 1180. The molecule has 144 valence electrons. The molecule has 1 aliphatic rings. The molecule has 27 heavy (non-hydrogen) atoms. The Balaban J connectivity index is 1.70. The van der Waals surface area contributed by atoms with Gasteiger partial charge in [0, 0.05) is 19.5 Å². The number of nitrogens with zero attached hydrogens (tertiary/aromatic N) is 6. The highest BCUT2D eigenvalue weighted by atomic mass is 16.5. The third-order valence-corrected chi connectivity index (χ3v) is 5.22. The van der Waals surface area contributed by atoms with Gasteiger partial charge in [-0.2, -0.15) is 4.68 Å². The van der Waals surface area contributed by atoms with Gasteiger partial charge in [0.25, 0.3) is 5.56 Å². The number of aryl methyl sites for hydroxylation is 1. The van der Waals surface area contributed by atoms with E-state index >= 15 is 0 Å². The number of imidazole rings is 1. The van der Waals surface area contributed by atoms with Crippen LogP contribution in [0.4, 0.5) is 0 Å². The molecule has 0 radical (unpaired) electrons. The summed E-state index contributed by atoms with van der Waals surface area (Å²) < 4.78 is 15.7. The summed E-state index contributed by atoms with van der Waals surface area (Å²) in [5, 5.41) is 4.25. The number of ether oxygens (including phenoxy) is 1. The molecule has 1 saturated heterocycles. The van der Waals surface area contributed by atoms with E-state index in [2.05, 4.69) is 10.1 Å². The lowest BCUT2D eigenvalue weighted by Crippen LogP contribution is -2.46. The Morgan fingerprint density at radius 3 is 2.56 bits per heavy atom. The van der Waals surface area contributed by atoms with E-state index in [0.29, 0.717) is 19.8 Å². The quantitative estimate of drug-likeness (QED) is 0.564. The van der Waals surface area contributed by atoms with Crippen LogP contribution >= 0.6 is 0 Å². The summed E-state index contributed by atoms with van der Waals surface area (Å²) >= 11 is 0. The van der Waals surface area contributed by atoms with E-state index in [1.807, 2.05) is 6.92 Å². The lowest BCUT2D eigenvalue weighted by Gasteiger charge is -2.40. The first-order valence-corrected chi connectivity index (χ1v) is 8.60. The zero-order chi connectivity index (χ0) is 19.3. The first-order valence-electron chi connectivity index (χ1n) is 8.60. The molecule has 0 amide bonds. The van der Waals surface area contributed by atoms with Crippen molar-refractivity contribution in [1.29, 1.82) is 0 Å². The van der Waals surface area contributed by atoms with Crippen molar-refractivity contribution in [1.82, 2.24) is 28.5 Å². The molecule has 1 aliphatic heterocycles. The normalized spacial score (nSPS) is 16.0. The van der Waals surface area contributed by atoms with E-state index in [4.69, 9.17) is 9.15 Å². The van der Waals surface area contributed by atoms with Crippen molar-refractivity contribution in [2.75, 3.05) is 13.2 Å². The molecule has 0 aliphatic carbocycles. The zero-order valence-electron chi connectivity index (χ0n) is 15.3. The van der Waals surface area contributed by atoms with Gasteiger partial charge in [0.2, 0.25) is 5.89 Å². The predicted octanol–water partition coefficient (Wildman–Crippen LogP) is -0.942. The smallest absolute Gasteiger partial charge is 0.390 e. The maximum absolute atomic E-state index is 12.5. The van der Waals surface area contributed by atoms with Crippen molar-refractivity contribution in [3.8, 4) is 0 Å². The van der Waals surface area contributed by atoms with Crippen molar-refractivity contribution in [2.24, 2.45) is 19.5 Å². The molecule has 11 heteroatoms. The first-order chi connectivity index (χ1) is 12.8. The van der Waals surface area contributed by atoms with Gasteiger partial charge in [-0.1, -0.05) is 6.92 Å². The summed E-state index contributed by atoms with van der Waals surface area (Å²) in [4.78, 5) is 40.8. The third-order valence-electron chi connectivity index (χ3n) is 5.22. The number of aromatic nitrogens is 6. The lowest BCUT2D eigenvalue weighted by molar-refractivity contribution is -0.125. The second kappa shape index (κ2) is 6.05. The topological polar surface area (TPSA) is 119 Å². The van der Waals surface area contributed by atoms with Crippen molar-refractivity contribution in [3.63, 3.8) is 0 Å². The van der Waals surface area contributed by atoms with Gasteiger partial charge in [-0.15, -0.1) is 5.10 Å². The van der Waals surface area contributed by atoms with Crippen LogP contribution in [0.3, 0.4) is 0 Å². The van der Waals surface area contributed by atoms with Gasteiger partial charge in [0.15, 0.2) is 11.2 Å². The molecule has 11 nitrogen and oxygen atoms in total. The van der Waals surface area contributed by atoms with Crippen molar-refractivity contribution < 1.29 is 9.15 Å². The van der Waals surface area contributed by atoms with Gasteiger partial charge in [-0.05, 0) is 6.42 Å². The number of hydrogen-bond acceptors (Lipinski definition) is 7. The summed E-state index contributed by atoms with van der Waals surface area (Å²) in [6.45, 7) is 3.71. The largest absolute Gasteiger partial charge is 0.437 e. The Morgan fingerprint density at radius 1 is 1.19 bits per heavy atom. The summed E-state index contributed by atoms with van der Waals surface area (Å²) in [5.74, 6) is -0.379. The molecular weight excluding hydrogens is 356 g/mol. The maximum Gasteiger partial charge on any atom is 0.437 e. The highest BCUT2D eigenvalue weighted by Crippen LogP contribution is 2.32. The fourth-order valence-electron chi connectivity index (χ4n) is 3.29. The van der Waals surface area contributed by atoms with Crippen LogP contribution in [-0.2, 0) is 31.9 Å². The zero-order valence-corrected chi connectivity index (χ0v) is 15.3. The Kier molecular flexibility index (Phi) is 3.91. The van der Waals surface area contributed by atoms with Crippen molar-refractivity contribution in [2.45, 2.75) is 26.4 Å². The molecule has 0 unspecified atom stereocenters. The monoisotopic (exact) mass is 376 g/mol. The SMILES string of the molecule is CCC1(Cn2nc(Cn3cnc4c3c(=O)n(C)c(=O)n4C)oc2=O)COC1. The lowest BCUT2D eigenvalue weighted by atomic mass is 9.83. The highest BCUT2D eigenvalue weighted by Gasteiger charge is 2.38. The molecule has 0 bridgehead atoms. The van der Waals surface area contributed by atoms with E-state index in [0.717, 1.165) is 11.0 Å². The van der Waals surface area contributed by atoms with E-state index in [9.17, 15) is 14.4 Å². The Hall–Kier alpha value is -2.95. The van der Waals surface area contributed by atoms with Gasteiger partial charge in [0.05, 0.1) is 26.1 Å². The number of hydrogen-bond donors (Lipinski definition) is 0. The summed E-state index contributed by atoms with van der Waals surface area (Å²) in [7, 11) is 2.95. The van der Waals surface area contributed by atoms with Gasteiger partial charge in [0.1, 0.15) is 6.54 Å². The standard InChI is InChI=1S/C16H20N6O5/c1-4-16(7-26-8-16)6-22-15(25)27-10(18-22)5-21-9-17-12-11(21)13(23)20(3)14(24)19(12)2/h9H,4-8H2,1-3H3. The molecule has 0 atom stereocenters. The highest BCUT2D eigenvalue weighted by molar-refractivity contribution is 5.70. The van der Waals surface area contributed by atoms with Gasteiger partial charge in [-0.25, -0.2) is 14.6 Å². The summed E-state index contributed by atoms with van der Waals surface area (Å²) in [5.41, 5.74) is -0.505. The van der Waals surface area contributed by atoms with Gasteiger partial charge >= 0.3 is 11.4 Å². The Morgan fingerprint density at radius 2 is 1.93 bits per heavy atom. The minimum absolute atomic E-state index is 0.0574. The molecular formula is C16H20N6O5. The number of rotatable bonds is 5. The van der Waals surface area contributed by atoms with Crippen molar-refractivity contribution >= 4 is 11.2 Å². The molecule has 0 spiro atoms. The van der Waals surface area contributed by atoms with Gasteiger partial charge < -0.3 is 13.7 Å². The van der Waals surface area contributed by atoms with E-state index in [1.54, 1.807) is 7.05 Å². The van der Waals surface area contributed by atoms with Crippen LogP contribution in [0.15, 0.2) is 25.1 Å². The third kappa shape index (κ3) is 2.65. The molecule has 0 saturated carbocycles. The second-order valence-electron chi connectivity index (χ2n) is 7.02. The molecule has 1 fully saturated rings. The fraction of sp³-hybridized carbons (Fsp3) is 0.562. The predicted molar refractivity (Wildman–Crippen MR) is 93.6 cm³/mol. The molecule has 3 aromatic heterocycles. The minimum Gasteiger partial charge on any atom is -0.390 e. The minimum atomic E-state index is -0.547. The number of fused-ring (bicyclic) bond motifs is 1. The molecule has 4 rings (SSSR count). The maximum atomic E-state index is 12.5. The van der Waals surface area contributed by atoms with E-state index in [-0.39, 0.29) is 29.0 Å². The van der Waals surface area contributed by atoms with Crippen LogP contribution in [0.25, 0.3) is 11.2 Å². The average Bonchev–Trinajstić information content (AvgIpc) is 3.18. The van der Waals surface area contributed by atoms with Crippen molar-refractivity contribution in [3.05, 3.63) is 43.6 Å². The van der Waals surface area contributed by atoms with Crippen LogP contribution < -0.4 is 17.0 Å². The summed E-state index contributed by atoms with van der Waals surface area (Å²) in [6.07, 6.45) is 2.30. The fourth-order valence-corrected chi connectivity index (χ4v) is 3.29. The first kappa shape index (κ1) is 17.5. The van der Waals surface area contributed by atoms with Crippen LogP contribution in [0, 0.1) is 5.41 Å². The van der Waals surface area contributed by atoms with Crippen LogP contribution in [0.5, 0.6) is 0 Å². The van der Waals surface area contributed by atoms with E-state index in [1.165, 1.54) is 27.2 Å². The molecule has 0 aromatic carbocycles. The van der Waals surface area contributed by atoms with Crippen LogP contribution in [-0.4, -0.2) is 41.7 Å². The molecule has 4 heterocycles.